The quantitative estimate of drug-likeness (QED) is 0.519. The van der Waals surface area contributed by atoms with Crippen molar-refractivity contribution in [3.8, 4) is 0 Å². The van der Waals surface area contributed by atoms with E-state index in [0.29, 0.717) is 5.70 Å². The molecule has 2 N–H and O–H groups in total. The Kier molecular flexibility index (Phi) is 1.49. The lowest BCUT2D eigenvalue weighted by Crippen LogP contribution is -2.17. The van der Waals surface area contributed by atoms with Gasteiger partial charge in [-0.3, -0.25) is 0 Å². The third-order valence-electron chi connectivity index (χ3n) is 1.09. The number of allylic oxidation sites excluding steroid dienone is 4. The predicted molar refractivity (Wildman–Crippen MR) is 35.7 cm³/mol. The molecule has 0 fully saturated rings. The molecule has 1 aliphatic rings. The Morgan fingerprint density at radius 3 is 2.78 bits per heavy atom. The van der Waals surface area contributed by atoms with Gasteiger partial charge in [-0.05, 0) is 12.2 Å². The summed E-state index contributed by atoms with van der Waals surface area (Å²) in [6.45, 7) is 0. The zero-order valence-corrected chi connectivity index (χ0v) is 5.53. The highest BCUT2D eigenvalue weighted by atomic mass is 35.5. The zero-order chi connectivity index (χ0) is 6.91. The van der Waals surface area contributed by atoms with Crippen molar-refractivity contribution in [1.82, 2.24) is 0 Å². The minimum Gasteiger partial charge on any atom is -0.402 e. The summed E-state index contributed by atoms with van der Waals surface area (Å²) in [7, 11) is 0. The minimum atomic E-state index is -1.75. The number of hydrogen-bond donors (Lipinski definition) is 1. The molecule has 0 saturated carbocycles. The van der Waals surface area contributed by atoms with Gasteiger partial charge < -0.3 is 5.73 Å². The van der Waals surface area contributed by atoms with Gasteiger partial charge in [0.1, 0.15) is 0 Å². The molecule has 1 rings (SSSR count). The van der Waals surface area contributed by atoms with Gasteiger partial charge in [-0.25, -0.2) is 4.39 Å². The summed E-state index contributed by atoms with van der Waals surface area (Å²) in [6, 6.07) is 0. The molecule has 0 amide bonds. The Balaban J connectivity index is 2.73. The standard InChI is InChI=1S/C6H7ClFN/c7-6(8)3-1-2-5(9)4-6/h1-3H,4,9H2. The Hall–Kier alpha value is -0.500. The van der Waals surface area contributed by atoms with Crippen molar-refractivity contribution in [1.29, 1.82) is 0 Å². The van der Waals surface area contributed by atoms with Crippen LogP contribution in [0.15, 0.2) is 23.9 Å². The third kappa shape index (κ3) is 1.72. The van der Waals surface area contributed by atoms with E-state index in [1.807, 2.05) is 0 Å². The lowest BCUT2D eigenvalue weighted by molar-refractivity contribution is 0.340. The van der Waals surface area contributed by atoms with Gasteiger partial charge >= 0.3 is 0 Å². The van der Waals surface area contributed by atoms with Crippen LogP contribution in [0.5, 0.6) is 0 Å². The molecule has 1 atom stereocenters. The molecule has 50 valence electrons. The highest BCUT2D eigenvalue weighted by molar-refractivity contribution is 6.24. The van der Waals surface area contributed by atoms with Crippen molar-refractivity contribution >= 4 is 11.6 Å². The first kappa shape index (κ1) is 6.62. The average molecular weight is 148 g/mol. The Labute approximate surface area is 58.0 Å². The Morgan fingerprint density at radius 1 is 1.78 bits per heavy atom. The number of halogens is 2. The maximum atomic E-state index is 12.7. The molecule has 0 saturated heterocycles. The largest absolute Gasteiger partial charge is 0.402 e. The first-order chi connectivity index (χ1) is 4.10. The lowest BCUT2D eigenvalue weighted by Gasteiger charge is -2.15. The first-order valence-electron chi connectivity index (χ1n) is 2.62. The highest BCUT2D eigenvalue weighted by Crippen LogP contribution is 2.28. The van der Waals surface area contributed by atoms with Gasteiger partial charge in [-0.2, -0.15) is 0 Å². The van der Waals surface area contributed by atoms with E-state index >= 15 is 0 Å². The maximum Gasteiger partial charge on any atom is 0.207 e. The summed E-state index contributed by atoms with van der Waals surface area (Å²) in [6.07, 6.45) is 4.53. The molecule has 0 aromatic heterocycles. The topological polar surface area (TPSA) is 26.0 Å². The van der Waals surface area contributed by atoms with Gasteiger partial charge in [0.15, 0.2) is 0 Å². The molecule has 9 heavy (non-hydrogen) atoms. The predicted octanol–water partition coefficient (Wildman–Crippen LogP) is 1.69. The van der Waals surface area contributed by atoms with E-state index in [-0.39, 0.29) is 6.42 Å². The van der Waals surface area contributed by atoms with Crippen LogP contribution in [-0.2, 0) is 0 Å². The molecular formula is C6H7ClFN. The fourth-order valence-electron chi connectivity index (χ4n) is 0.702. The second-order valence-electron chi connectivity index (χ2n) is 2.04. The molecule has 1 nitrogen and oxygen atoms in total. The van der Waals surface area contributed by atoms with E-state index in [4.69, 9.17) is 17.3 Å². The Morgan fingerprint density at radius 2 is 2.44 bits per heavy atom. The van der Waals surface area contributed by atoms with Crippen molar-refractivity contribution in [2.75, 3.05) is 0 Å². The normalized spacial score (nSPS) is 34.2. The smallest absolute Gasteiger partial charge is 0.207 e. The second-order valence-corrected chi connectivity index (χ2v) is 2.67. The minimum absolute atomic E-state index is 0.0883. The van der Waals surface area contributed by atoms with Crippen LogP contribution < -0.4 is 5.73 Å². The molecule has 0 bridgehead atoms. The van der Waals surface area contributed by atoms with Crippen LogP contribution in [-0.4, -0.2) is 5.13 Å². The summed E-state index contributed by atoms with van der Waals surface area (Å²) in [5, 5.41) is -1.75. The molecule has 1 aliphatic carbocycles. The number of nitrogens with two attached hydrogens (primary N) is 1. The third-order valence-corrected chi connectivity index (χ3v) is 1.35. The van der Waals surface area contributed by atoms with Crippen molar-refractivity contribution < 1.29 is 4.39 Å². The van der Waals surface area contributed by atoms with Crippen LogP contribution >= 0.6 is 11.6 Å². The molecule has 0 radical (unpaired) electrons. The van der Waals surface area contributed by atoms with E-state index in [0.717, 1.165) is 0 Å². The van der Waals surface area contributed by atoms with E-state index in [2.05, 4.69) is 0 Å². The first-order valence-corrected chi connectivity index (χ1v) is 3.00. The van der Waals surface area contributed by atoms with Crippen LogP contribution in [0.4, 0.5) is 4.39 Å². The summed E-state index contributed by atoms with van der Waals surface area (Å²) in [5.74, 6) is 0. The molecule has 3 heteroatoms. The SMILES string of the molecule is NC1=CC=CC(F)(Cl)C1. The Bertz CT molecular complexity index is 172. The van der Waals surface area contributed by atoms with Crippen LogP contribution in [0.2, 0.25) is 0 Å². The molecule has 0 aromatic rings. The van der Waals surface area contributed by atoms with Gasteiger partial charge in [-0.15, -0.1) is 0 Å². The van der Waals surface area contributed by atoms with Crippen LogP contribution in [0.3, 0.4) is 0 Å². The van der Waals surface area contributed by atoms with E-state index < -0.39 is 5.13 Å². The van der Waals surface area contributed by atoms with E-state index in [1.165, 1.54) is 12.2 Å². The van der Waals surface area contributed by atoms with E-state index in [9.17, 15) is 4.39 Å². The average Bonchev–Trinajstić information content (AvgIpc) is 1.60. The molecule has 0 heterocycles. The molecule has 0 spiro atoms. The van der Waals surface area contributed by atoms with Gasteiger partial charge in [0.25, 0.3) is 0 Å². The van der Waals surface area contributed by atoms with Crippen LogP contribution in [0.1, 0.15) is 6.42 Å². The zero-order valence-electron chi connectivity index (χ0n) is 4.77. The fraction of sp³-hybridized carbons (Fsp3) is 0.333. The molecule has 0 aliphatic heterocycles. The summed E-state index contributed by atoms with van der Waals surface area (Å²) < 4.78 is 12.7. The van der Waals surface area contributed by atoms with Gasteiger partial charge in [0.05, 0.1) is 0 Å². The highest BCUT2D eigenvalue weighted by Gasteiger charge is 2.24. The number of hydrogen-bond acceptors (Lipinski definition) is 1. The number of alkyl halides is 2. The van der Waals surface area contributed by atoms with Crippen molar-refractivity contribution in [3.63, 3.8) is 0 Å². The van der Waals surface area contributed by atoms with Crippen molar-refractivity contribution in [2.45, 2.75) is 11.5 Å². The van der Waals surface area contributed by atoms with Crippen molar-refractivity contribution in [3.05, 3.63) is 23.9 Å². The van der Waals surface area contributed by atoms with E-state index in [1.54, 1.807) is 6.08 Å². The monoisotopic (exact) mass is 147 g/mol. The number of rotatable bonds is 0. The second kappa shape index (κ2) is 2.03. The fourth-order valence-corrected chi connectivity index (χ4v) is 0.930. The van der Waals surface area contributed by atoms with Gasteiger partial charge in [0, 0.05) is 12.1 Å². The van der Waals surface area contributed by atoms with Crippen molar-refractivity contribution in [2.24, 2.45) is 5.73 Å². The lowest BCUT2D eigenvalue weighted by atomic mass is 10.1. The van der Waals surface area contributed by atoms with Crippen LogP contribution in [0.25, 0.3) is 0 Å². The molecular weight excluding hydrogens is 141 g/mol. The summed E-state index contributed by atoms with van der Waals surface area (Å²) in [4.78, 5) is 0. The molecule has 0 aromatic carbocycles. The summed E-state index contributed by atoms with van der Waals surface area (Å²) in [5.41, 5.74) is 5.78. The van der Waals surface area contributed by atoms with Crippen LogP contribution in [0, 0.1) is 0 Å². The maximum absolute atomic E-state index is 12.7. The summed E-state index contributed by atoms with van der Waals surface area (Å²) >= 11 is 5.29. The van der Waals surface area contributed by atoms with Gasteiger partial charge in [0.2, 0.25) is 5.13 Å². The van der Waals surface area contributed by atoms with Gasteiger partial charge in [-0.1, -0.05) is 17.7 Å². The molecule has 1 unspecified atom stereocenters.